The molecule has 3 rings (SSSR count). The zero-order valence-electron chi connectivity index (χ0n) is 14.1. The molecule has 1 aliphatic rings. The molecule has 0 radical (unpaired) electrons. The number of rotatable bonds is 5. The van der Waals surface area contributed by atoms with Crippen molar-refractivity contribution in [3.63, 3.8) is 0 Å². The number of nitrogens with one attached hydrogen (secondary N) is 1. The number of benzene rings is 1. The molecular weight excluding hydrogens is 328 g/mol. The SMILES string of the molecule is COc1cc(C(=O)OCC(=O)Nc2cc(C)on2)cc2c1OC(C)C2. The average Bonchev–Trinajstić information content (AvgIpc) is 3.15. The molecule has 0 bridgehead atoms. The largest absolute Gasteiger partial charge is 0.493 e. The molecule has 1 aliphatic heterocycles. The minimum atomic E-state index is -0.618. The van der Waals surface area contributed by atoms with Gasteiger partial charge in [-0.3, -0.25) is 4.79 Å². The summed E-state index contributed by atoms with van der Waals surface area (Å²) in [6.07, 6.45) is 0.700. The molecule has 1 N–H and O–H groups in total. The quantitative estimate of drug-likeness (QED) is 0.828. The lowest BCUT2D eigenvalue weighted by molar-refractivity contribution is -0.119. The number of fused-ring (bicyclic) bond motifs is 1. The van der Waals surface area contributed by atoms with Crippen LogP contribution in [0.1, 0.15) is 28.6 Å². The van der Waals surface area contributed by atoms with Crippen molar-refractivity contribution in [2.24, 2.45) is 0 Å². The summed E-state index contributed by atoms with van der Waals surface area (Å²) in [7, 11) is 1.50. The predicted octanol–water partition coefficient (Wildman–Crippen LogP) is 2.11. The molecular formula is C17H18N2O6. The normalized spacial score (nSPS) is 15.2. The summed E-state index contributed by atoms with van der Waals surface area (Å²) in [4.78, 5) is 24.0. The van der Waals surface area contributed by atoms with Crippen LogP contribution in [0.15, 0.2) is 22.7 Å². The van der Waals surface area contributed by atoms with Crippen LogP contribution in [0.3, 0.4) is 0 Å². The third-order valence-corrected chi connectivity index (χ3v) is 3.64. The summed E-state index contributed by atoms with van der Waals surface area (Å²) >= 11 is 0. The van der Waals surface area contributed by atoms with E-state index in [1.807, 2.05) is 6.92 Å². The summed E-state index contributed by atoms with van der Waals surface area (Å²) in [6.45, 7) is 3.21. The van der Waals surface area contributed by atoms with Crippen LogP contribution in [-0.2, 0) is 16.0 Å². The molecule has 132 valence electrons. The van der Waals surface area contributed by atoms with Gasteiger partial charge in [0, 0.05) is 18.1 Å². The van der Waals surface area contributed by atoms with Gasteiger partial charge in [-0.1, -0.05) is 5.16 Å². The Bertz CT molecular complexity index is 813. The molecule has 1 atom stereocenters. The van der Waals surface area contributed by atoms with Gasteiger partial charge in [0.25, 0.3) is 5.91 Å². The first-order valence-electron chi connectivity index (χ1n) is 7.74. The Morgan fingerprint density at radius 1 is 1.36 bits per heavy atom. The Hall–Kier alpha value is -3.03. The predicted molar refractivity (Wildman–Crippen MR) is 86.9 cm³/mol. The minimum absolute atomic E-state index is 0.0202. The maximum atomic E-state index is 12.2. The molecule has 0 aliphatic carbocycles. The summed E-state index contributed by atoms with van der Waals surface area (Å²) in [5, 5.41) is 6.11. The highest BCUT2D eigenvalue weighted by Gasteiger charge is 2.25. The fraction of sp³-hybridized carbons (Fsp3) is 0.353. The van der Waals surface area contributed by atoms with Gasteiger partial charge in [0.05, 0.1) is 12.7 Å². The van der Waals surface area contributed by atoms with Crippen molar-refractivity contribution in [3.8, 4) is 11.5 Å². The third-order valence-electron chi connectivity index (χ3n) is 3.64. The van der Waals surface area contributed by atoms with Crippen molar-refractivity contribution in [2.45, 2.75) is 26.4 Å². The van der Waals surface area contributed by atoms with Gasteiger partial charge < -0.3 is 24.1 Å². The van der Waals surface area contributed by atoms with Gasteiger partial charge in [-0.05, 0) is 26.0 Å². The monoisotopic (exact) mass is 346 g/mol. The molecule has 1 aromatic heterocycles. The number of esters is 1. The smallest absolute Gasteiger partial charge is 0.338 e. The van der Waals surface area contributed by atoms with Gasteiger partial charge in [0.15, 0.2) is 23.9 Å². The number of amides is 1. The summed E-state index contributed by atoms with van der Waals surface area (Å²) < 4.78 is 20.8. The zero-order chi connectivity index (χ0) is 18.0. The highest BCUT2D eigenvalue weighted by molar-refractivity contribution is 5.95. The molecule has 0 saturated heterocycles. The van der Waals surface area contributed by atoms with E-state index in [9.17, 15) is 9.59 Å². The van der Waals surface area contributed by atoms with E-state index in [0.29, 0.717) is 29.2 Å². The summed E-state index contributed by atoms with van der Waals surface area (Å²) in [6, 6.07) is 4.80. The van der Waals surface area contributed by atoms with E-state index in [4.69, 9.17) is 18.7 Å². The highest BCUT2D eigenvalue weighted by Crippen LogP contribution is 2.39. The first-order chi connectivity index (χ1) is 12.0. The van der Waals surface area contributed by atoms with Crippen LogP contribution < -0.4 is 14.8 Å². The number of hydrogen-bond donors (Lipinski definition) is 1. The fourth-order valence-corrected chi connectivity index (χ4v) is 2.59. The molecule has 1 amide bonds. The van der Waals surface area contributed by atoms with Gasteiger partial charge in [-0.25, -0.2) is 4.79 Å². The number of carbonyl (C=O) groups excluding carboxylic acids is 2. The molecule has 25 heavy (non-hydrogen) atoms. The first-order valence-corrected chi connectivity index (χ1v) is 7.74. The Balaban J connectivity index is 1.63. The fourth-order valence-electron chi connectivity index (χ4n) is 2.59. The second kappa shape index (κ2) is 6.84. The second-order valence-electron chi connectivity index (χ2n) is 5.75. The number of methoxy groups -OCH3 is 1. The molecule has 2 aromatic rings. The van der Waals surface area contributed by atoms with E-state index in [0.717, 1.165) is 5.56 Å². The molecule has 0 saturated carbocycles. The molecule has 1 aromatic carbocycles. The van der Waals surface area contributed by atoms with E-state index in [2.05, 4.69) is 10.5 Å². The molecule has 8 nitrogen and oxygen atoms in total. The first kappa shape index (κ1) is 16.8. The van der Waals surface area contributed by atoms with Crippen molar-refractivity contribution < 1.29 is 28.3 Å². The lowest BCUT2D eigenvalue weighted by Crippen LogP contribution is -2.21. The Labute approximate surface area is 144 Å². The topological polar surface area (TPSA) is 99.9 Å². The van der Waals surface area contributed by atoms with Gasteiger partial charge in [-0.2, -0.15) is 0 Å². The zero-order valence-corrected chi connectivity index (χ0v) is 14.1. The second-order valence-corrected chi connectivity index (χ2v) is 5.75. The van der Waals surface area contributed by atoms with E-state index in [-0.39, 0.29) is 11.9 Å². The minimum Gasteiger partial charge on any atom is -0.493 e. The van der Waals surface area contributed by atoms with Crippen molar-refractivity contribution in [2.75, 3.05) is 19.0 Å². The van der Waals surface area contributed by atoms with Crippen LogP contribution in [0, 0.1) is 6.92 Å². The number of nitrogens with zero attached hydrogens (tertiary/aromatic N) is 1. The Morgan fingerprint density at radius 2 is 2.16 bits per heavy atom. The molecule has 2 heterocycles. The van der Waals surface area contributed by atoms with Crippen LogP contribution in [0.4, 0.5) is 5.82 Å². The van der Waals surface area contributed by atoms with Crippen molar-refractivity contribution >= 4 is 17.7 Å². The maximum absolute atomic E-state index is 12.2. The van der Waals surface area contributed by atoms with Crippen LogP contribution in [0.5, 0.6) is 11.5 Å². The molecule has 0 spiro atoms. The number of carbonyl (C=O) groups is 2. The summed E-state index contributed by atoms with van der Waals surface area (Å²) in [5.41, 5.74) is 1.18. The van der Waals surface area contributed by atoms with Crippen LogP contribution >= 0.6 is 0 Å². The van der Waals surface area contributed by atoms with Crippen LogP contribution in [-0.4, -0.2) is 36.9 Å². The Kier molecular flexibility index (Phi) is 4.60. The molecule has 0 fully saturated rings. The summed E-state index contributed by atoms with van der Waals surface area (Å²) in [5.74, 6) is 0.818. The van der Waals surface area contributed by atoms with Crippen molar-refractivity contribution in [1.29, 1.82) is 0 Å². The van der Waals surface area contributed by atoms with Crippen molar-refractivity contribution in [3.05, 3.63) is 35.1 Å². The number of ether oxygens (including phenoxy) is 3. The number of hydrogen-bond acceptors (Lipinski definition) is 7. The third kappa shape index (κ3) is 3.73. The van der Waals surface area contributed by atoms with Gasteiger partial charge in [0.1, 0.15) is 11.9 Å². The standard InChI is InChI=1S/C17H18N2O6/c1-9-4-11-6-12(7-13(22-3)16(11)24-9)17(21)23-8-15(20)18-14-5-10(2)25-19-14/h5-7,9H,4,8H2,1-3H3,(H,18,19,20). The van der Waals surface area contributed by atoms with E-state index in [1.165, 1.54) is 13.2 Å². The van der Waals surface area contributed by atoms with Crippen LogP contribution in [0.2, 0.25) is 0 Å². The van der Waals surface area contributed by atoms with Gasteiger partial charge >= 0.3 is 5.97 Å². The van der Waals surface area contributed by atoms with Crippen molar-refractivity contribution in [1.82, 2.24) is 5.16 Å². The maximum Gasteiger partial charge on any atom is 0.338 e. The highest BCUT2D eigenvalue weighted by atomic mass is 16.5. The van der Waals surface area contributed by atoms with Gasteiger partial charge in [-0.15, -0.1) is 0 Å². The van der Waals surface area contributed by atoms with Crippen LogP contribution in [0.25, 0.3) is 0 Å². The molecule has 8 heteroatoms. The van der Waals surface area contributed by atoms with E-state index < -0.39 is 18.5 Å². The Morgan fingerprint density at radius 3 is 2.84 bits per heavy atom. The number of aromatic nitrogens is 1. The average molecular weight is 346 g/mol. The lowest BCUT2D eigenvalue weighted by atomic mass is 10.1. The van der Waals surface area contributed by atoms with Gasteiger partial charge in [0.2, 0.25) is 0 Å². The number of aryl methyl sites for hydroxylation is 1. The van der Waals surface area contributed by atoms with E-state index >= 15 is 0 Å². The lowest BCUT2D eigenvalue weighted by Gasteiger charge is -2.10. The number of anilines is 1. The van der Waals surface area contributed by atoms with E-state index in [1.54, 1.807) is 19.1 Å². The molecule has 1 unspecified atom stereocenters.